The number of halogens is 1. The van der Waals surface area contributed by atoms with Crippen molar-refractivity contribution >= 4 is 0 Å². The summed E-state index contributed by atoms with van der Waals surface area (Å²) in [5.74, 6) is 0.139. The highest BCUT2D eigenvalue weighted by atomic mass is 19.1. The molecule has 0 bridgehead atoms. The Morgan fingerprint density at radius 1 is 1.38 bits per heavy atom. The molecule has 1 aliphatic heterocycles. The van der Waals surface area contributed by atoms with E-state index in [-0.39, 0.29) is 5.92 Å². The minimum absolute atomic E-state index is 0.139. The second-order valence-electron chi connectivity index (χ2n) is 4.41. The van der Waals surface area contributed by atoms with E-state index in [4.69, 9.17) is 0 Å². The van der Waals surface area contributed by atoms with E-state index in [0.717, 1.165) is 18.8 Å². The molecule has 0 aromatic rings. The predicted octanol–water partition coefficient (Wildman–Crippen LogP) is 2.98. The number of allylic oxidation sites excluding steroid dienone is 1. The Morgan fingerprint density at radius 2 is 1.85 bits per heavy atom. The average Bonchev–Trinajstić information content (AvgIpc) is 2.04. The lowest BCUT2D eigenvalue weighted by Gasteiger charge is -2.40. The number of piperidine rings is 1. The van der Waals surface area contributed by atoms with Gasteiger partial charge in [0.15, 0.2) is 0 Å². The van der Waals surface area contributed by atoms with Gasteiger partial charge in [0.25, 0.3) is 0 Å². The Bertz CT molecular complexity index is 190. The maximum Gasteiger partial charge on any atom is 0.116 e. The summed E-state index contributed by atoms with van der Waals surface area (Å²) in [6.07, 6.45) is 1.30. The molecule has 1 nitrogen and oxygen atoms in total. The van der Waals surface area contributed by atoms with E-state index < -0.39 is 5.67 Å². The zero-order valence-electron chi connectivity index (χ0n) is 8.94. The predicted molar refractivity (Wildman–Crippen MR) is 54.3 cm³/mol. The van der Waals surface area contributed by atoms with Crippen molar-refractivity contribution < 1.29 is 4.39 Å². The molecule has 2 heteroatoms. The average molecular weight is 185 g/mol. The Balaban J connectivity index is 2.51. The third-order valence-corrected chi connectivity index (χ3v) is 3.17. The second-order valence-corrected chi connectivity index (χ2v) is 4.41. The fourth-order valence-corrected chi connectivity index (χ4v) is 1.84. The van der Waals surface area contributed by atoms with Crippen LogP contribution in [0.3, 0.4) is 0 Å². The number of nitrogens with zero attached hydrogens (tertiary/aromatic N) is 1. The number of alkyl halides is 1. The summed E-state index contributed by atoms with van der Waals surface area (Å²) in [6, 6.07) is 0. The Labute approximate surface area is 80.6 Å². The van der Waals surface area contributed by atoms with Gasteiger partial charge >= 0.3 is 0 Å². The number of hydrogen-bond donors (Lipinski definition) is 0. The van der Waals surface area contributed by atoms with Gasteiger partial charge in [0.05, 0.1) is 0 Å². The van der Waals surface area contributed by atoms with Crippen LogP contribution in [0.2, 0.25) is 0 Å². The van der Waals surface area contributed by atoms with Crippen molar-refractivity contribution in [3.8, 4) is 0 Å². The normalized spacial score (nSPS) is 22.1. The maximum atomic E-state index is 14.1. The first-order valence-electron chi connectivity index (χ1n) is 5.05. The molecule has 0 aromatic heterocycles. The molecule has 0 atom stereocenters. The molecule has 1 saturated heterocycles. The van der Waals surface area contributed by atoms with Crippen molar-refractivity contribution in [2.75, 3.05) is 13.1 Å². The zero-order valence-corrected chi connectivity index (χ0v) is 8.94. The smallest absolute Gasteiger partial charge is 0.116 e. The minimum atomic E-state index is -0.939. The van der Waals surface area contributed by atoms with Crippen LogP contribution in [0.4, 0.5) is 4.39 Å². The van der Waals surface area contributed by atoms with Crippen molar-refractivity contribution in [2.45, 2.75) is 39.3 Å². The van der Waals surface area contributed by atoms with Crippen LogP contribution in [0.25, 0.3) is 0 Å². The van der Waals surface area contributed by atoms with E-state index in [0.29, 0.717) is 12.8 Å². The van der Waals surface area contributed by atoms with Crippen LogP contribution in [0, 0.1) is 5.92 Å². The first-order chi connectivity index (χ1) is 5.96. The number of rotatable bonds is 2. The molecule has 0 amide bonds. The summed E-state index contributed by atoms with van der Waals surface area (Å²) >= 11 is 0. The van der Waals surface area contributed by atoms with Gasteiger partial charge in [0.1, 0.15) is 5.67 Å². The van der Waals surface area contributed by atoms with Crippen molar-refractivity contribution in [2.24, 2.45) is 5.92 Å². The van der Waals surface area contributed by atoms with E-state index in [9.17, 15) is 4.39 Å². The molecule has 0 radical (unpaired) electrons. The topological polar surface area (TPSA) is 3.24 Å². The molecule has 13 heavy (non-hydrogen) atoms. The maximum absolute atomic E-state index is 14.1. The number of likely N-dealkylation sites (tertiary alicyclic amines) is 1. The summed E-state index contributed by atoms with van der Waals surface area (Å²) in [4.78, 5) is 2.17. The molecular weight excluding hydrogens is 165 g/mol. The molecule has 0 spiro atoms. The zero-order chi connectivity index (χ0) is 10.1. The lowest BCUT2D eigenvalue weighted by atomic mass is 9.83. The van der Waals surface area contributed by atoms with E-state index in [1.807, 2.05) is 20.8 Å². The van der Waals surface area contributed by atoms with Gasteiger partial charge in [-0.2, -0.15) is 0 Å². The van der Waals surface area contributed by atoms with E-state index in [2.05, 4.69) is 11.5 Å². The van der Waals surface area contributed by atoms with Gasteiger partial charge in [0, 0.05) is 18.8 Å². The first-order valence-corrected chi connectivity index (χ1v) is 5.05. The highest BCUT2D eigenvalue weighted by molar-refractivity contribution is 4.96. The Hall–Kier alpha value is -0.530. The summed E-state index contributed by atoms with van der Waals surface area (Å²) in [5, 5.41) is 0. The number of hydrogen-bond acceptors (Lipinski definition) is 1. The van der Waals surface area contributed by atoms with Gasteiger partial charge in [-0.15, -0.1) is 0 Å². The minimum Gasteiger partial charge on any atom is -0.375 e. The van der Waals surface area contributed by atoms with Gasteiger partial charge in [0.2, 0.25) is 0 Å². The van der Waals surface area contributed by atoms with Gasteiger partial charge in [-0.1, -0.05) is 20.4 Å². The van der Waals surface area contributed by atoms with Crippen molar-refractivity contribution in [1.82, 2.24) is 4.90 Å². The van der Waals surface area contributed by atoms with Crippen molar-refractivity contribution in [3.63, 3.8) is 0 Å². The van der Waals surface area contributed by atoms with Crippen LogP contribution in [0.1, 0.15) is 33.6 Å². The third-order valence-electron chi connectivity index (χ3n) is 3.17. The molecule has 1 fully saturated rings. The molecule has 76 valence electrons. The lowest BCUT2D eigenvalue weighted by Crippen LogP contribution is -2.43. The van der Waals surface area contributed by atoms with E-state index >= 15 is 0 Å². The monoisotopic (exact) mass is 185 g/mol. The van der Waals surface area contributed by atoms with Crippen LogP contribution < -0.4 is 0 Å². The molecule has 0 saturated carbocycles. The summed E-state index contributed by atoms with van der Waals surface area (Å²) in [7, 11) is 0. The summed E-state index contributed by atoms with van der Waals surface area (Å²) < 4.78 is 14.1. The SMILES string of the molecule is C=C(C)N1CCC(F)(C(C)C)CC1. The van der Waals surface area contributed by atoms with Gasteiger partial charge in [-0.3, -0.25) is 0 Å². The molecule has 0 unspecified atom stereocenters. The van der Waals surface area contributed by atoms with Crippen LogP contribution in [0.5, 0.6) is 0 Å². The van der Waals surface area contributed by atoms with Crippen molar-refractivity contribution in [1.29, 1.82) is 0 Å². The summed E-state index contributed by atoms with van der Waals surface area (Å²) in [6.45, 7) is 11.4. The molecule has 1 aliphatic rings. The highest BCUT2D eigenvalue weighted by Gasteiger charge is 2.37. The molecule has 0 aromatic carbocycles. The quantitative estimate of drug-likeness (QED) is 0.639. The van der Waals surface area contributed by atoms with Crippen molar-refractivity contribution in [3.05, 3.63) is 12.3 Å². The Kier molecular flexibility index (Phi) is 2.99. The van der Waals surface area contributed by atoms with Gasteiger partial charge in [-0.25, -0.2) is 4.39 Å². The van der Waals surface area contributed by atoms with Crippen LogP contribution >= 0.6 is 0 Å². The lowest BCUT2D eigenvalue weighted by molar-refractivity contribution is 0.0302. The molecule has 1 heterocycles. The fraction of sp³-hybridized carbons (Fsp3) is 0.818. The fourth-order valence-electron chi connectivity index (χ4n) is 1.84. The second kappa shape index (κ2) is 3.69. The molecular formula is C11H20FN. The van der Waals surface area contributed by atoms with Gasteiger partial charge in [-0.05, 0) is 25.7 Å². The van der Waals surface area contributed by atoms with E-state index in [1.54, 1.807) is 0 Å². The largest absolute Gasteiger partial charge is 0.375 e. The van der Waals surface area contributed by atoms with E-state index in [1.165, 1.54) is 0 Å². The summed E-state index contributed by atoms with van der Waals surface area (Å²) in [5.41, 5.74) is 0.122. The Morgan fingerprint density at radius 3 is 2.15 bits per heavy atom. The standard InChI is InChI=1S/C11H20FN/c1-9(2)11(12)5-7-13(8-6-11)10(3)4/h9H,3,5-8H2,1-2,4H3. The highest BCUT2D eigenvalue weighted by Crippen LogP contribution is 2.34. The molecule has 1 rings (SSSR count). The third kappa shape index (κ3) is 2.23. The molecule has 0 N–H and O–H groups in total. The van der Waals surface area contributed by atoms with Gasteiger partial charge < -0.3 is 4.90 Å². The molecule has 0 aliphatic carbocycles. The van der Waals surface area contributed by atoms with Crippen LogP contribution in [0.15, 0.2) is 12.3 Å². The van der Waals surface area contributed by atoms with Crippen LogP contribution in [-0.4, -0.2) is 23.7 Å². The van der Waals surface area contributed by atoms with Crippen LogP contribution in [-0.2, 0) is 0 Å². The first kappa shape index (κ1) is 10.6.